The summed E-state index contributed by atoms with van der Waals surface area (Å²) < 4.78 is 0. The monoisotopic (exact) mass is 239 g/mol. The number of hydrogen-bond acceptors (Lipinski definition) is 1. The number of rotatable bonds is 6. The summed E-state index contributed by atoms with van der Waals surface area (Å²) in [5, 5.41) is 0.798. The molecule has 0 aliphatic heterocycles. The molecule has 0 aliphatic carbocycles. The number of hydrogen-bond donors (Lipinski definition) is 1. The molecule has 1 aromatic rings. The standard InChI is InChI=1S/C14H22ClN/c1-3-5-11(2)8-14(16)10-12-6-4-7-13(15)9-12/h4,6-7,9,11,14H,3,5,8,10,16H2,1-2H3. The van der Waals surface area contributed by atoms with Gasteiger partial charge in [0.25, 0.3) is 0 Å². The molecule has 0 radical (unpaired) electrons. The van der Waals surface area contributed by atoms with E-state index in [1.165, 1.54) is 18.4 Å². The van der Waals surface area contributed by atoms with E-state index < -0.39 is 0 Å². The van der Waals surface area contributed by atoms with E-state index in [2.05, 4.69) is 19.9 Å². The Hall–Kier alpha value is -0.530. The Kier molecular flexibility index (Phi) is 5.86. The van der Waals surface area contributed by atoms with Gasteiger partial charge in [0.2, 0.25) is 0 Å². The Labute approximate surface area is 104 Å². The van der Waals surface area contributed by atoms with Crippen LogP contribution in [-0.2, 0) is 6.42 Å². The molecule has 0 saturated heterocycles. The molecule has 90 valence electrons. The normalized spacial score (nSPS) is 14.8. The van der Waals surface area contributed by atoms with Gasteiger partial charge in [-0.2, -0.15) is 0 Å². The fraction of sp³-hybridized carbons (Fsp3) is 0.571. The van der Waals surface area contributed by atoms with Crippen molar-refractivity contribution < 1.29 is 0 Å². The van der Waals surface area contributed by atoms with Crippen molar-refractivity contribution in [2.45, 2.75) is 45.6 Å². The van der Waals surface area contributed by atoms with Crippen LogP contribution in [0.3, 0.4) is 0 Å². The van der Waals surface area contributed by atoms with E-state index in [1.807, 2.05) is 18.2 Å². The quantitative estimate of drug-likeness (QED) is 0.797. The lowest BCUT2D eigenvalue weighted by Gasteiger charge is -2.16. The van der Waals surface area contributed by atoms with Gasteiger partial charge in [-0.15, -0.1) is 0 Å². The smallest absolute Gasteiger partial charge is 0.0408 e. The average molecular weight is 240 g/mol. The molecule has 0 bridgehead atoms. The van der Waals surface area contributed by atoms with Gasteiger partial charge in [0.15, 0.2) is 0 Å². The first-order valence-electron chi connectivity index (χ1n) is 6.11. The molecule has 0 aromatic heterocycles. The molecule has 1 aromatic carbocycles. The van der Waals surface area contributed by atoms with E-state index >= 15 is 0 Å². The second-order valence-corrected chi connectivity index (χ2v) is 5.16. The van der Waals surface area contributed by atoms with Gasteiger partial charge in [-0.25, -0.2) is 0 Å². The van der Waals surface area contributed by atoms with Crippen LogP contribution in [0.5, 0.6) is 0 Å². The summed E-state index contributed by atoms with van der Waals surface area (Å²) in [6.45, 7) is 4.50. The maximum atomic E-state index is 6.14. The molecule has 0 heterocycles. The fourth-order valence-corrected chi connectivity index (χ4v) is 2.39. The van der Waals surface area contributed by atoms with Gasteiger partial charge in [-0.1, -0.05) is 50.4 Å². The van der Waals surface area contributed by atoms with Gasteiger partial charge in [-0.05, 0) is 36.5 Å². The van der Waals surface area contributed by atoms with Crippen molar-refractivity contribution in [3.05, 3.63) is 34.9 Å². The molecular weight excluding hydrogens is 218 g/mol. The Morgan fingerprint density at radius 3 is 2.75 bits per heavy atom. The van der Waals surface area contributed by atoms with E-state index in [4.69, 9.17) is 17.3 Å². The molecule has 0 fully saturated rings. The highest BCUT2D eigenvalue weighted by Gasteiger charge is 2.09. The van der Waals surface area contributed by atoms with Gasteiger partial charge >= 0.3 is 0 Å². The first-order valence-corrected chi connectivity index (χ1v) is 6.49. The van der Waals surface area contributed by atoms with Crippen molar-refractivity contribution in [3.8, 4) is 0 Å². The van der Waals surface area contributed by atoms with E-state index in [9.17, 15) is 0 Å². The summed E-state index contributed by atoms with van der Waals surface area (Å²) in [5.74, 6) is 0.721. The van der Waals surface area contributed by atoms with Gasteiger partial charge < -0.3 is 5.73 Å². The topological polar surface area (TPSA) is 26.0 Å². The summed E-state index contributed by atoms with van der Waals surface area (Å²) in [5.41, 5.74) is 7.38. The Morgan fingerprint density at radius 1 is 1.38 bits per heavy atom. The van der Waals surface area contributed by atoms with Gasteiger partial charge in [0, 0.05) is 11.1 Å². The average Bonchev–Trinajstić information content (AvgIpc) is 2.17. The minimum atomic E-state index is 0.250. The Balaban J connectivity index is 2.42. The first kappa shape index (κ1) is 13.5. The van der Waals surface area contributed by atoms with Crippen molar-refractivity contribution in [2.75, 3.05) is 0 Å². The summed E-state index contributed by atoms with van der Waals surface area (Å²) in [7, 11) is 0. The zero-order chi connectivity index (χ0) is 12.0. The molecule has 2 unspecified atom stereocenters. The molecule has 16 heavy (non-hydrogen) atoms. The van der Waals surface area contributed by atoms with Crippen LogP contribution < -0.4 is 5.73 Å². The number of benzene rings is 1. The van der Waals surface area contributed by atoms with Crippen molar-refractivity contribution in [2.24, 2.45) is 11.7 Å². The van der Waals surface area contributed by atoms with Crippen LogP contribution >= 0.6 is 11.6 Å². The third-order valence-corrected chi connectivity index (χ3v) is 3.11. The van der Waals surface area contributed by atoms with Crippen LogP contribution in [0.25, 0.3) is 0 Å². The maximum Gasteiger partial charge on any atom is 0.0408 e. The predicted octanol–water partition coefficient (Wildman–Crippen LogP) is 4.04. The molecule has 2 heteroatoms. The molecule has 0 amide bonds. The molecule has 0 saturated carbocycles. The number of nitrogens with two attached hydrogens (primary N) is 1. The van der Waals surface area contributed by atoms with Gasteiger partial charge in [-0.3, -0.25) is 0 Å². The SMILES string of the molecule is CCCC(C)CC(N)Cc1cccc(Cl)c1. The predicted molar refractivity (Wildman–Crippen MR) is 71.8 cm³/mol. The molecule has 2 atom stereocenters. The van der Waals surface area contributed by atoms with Crippen molar-refractivity contribution >= 4 is 11.6 Å². The largest absolute Gasteiger partial charge is 0.327 e. The molecule has 0 aliphatic rings. The molecular formula is C14H22ClN. The van der Waals surface area contributed by atoms with Crippen molar-refractivity contribution in [3.63, 3.8) is 0 Å². The highest BCUT2D eigenvalue weighted by Crippen LogP contribution is 2.16. The summed E-state index contributed by atoms with van der Waals surface area (Å²) in [6, 6.07) is 8.23. The maximum absolute atomic E-state index is 6.14. The lowest BCUT2D eigenvalue weighted by molar-refractivity contribution is 0.431. The molecule has 1 nitrogen and oxygen atoms in total. The third kappa shape index (κ3) is 5.00. The van der Waals surface area contributed by atoms with Crippen LogP contribution in [-0.4, -0.2) is 6.04 Å². The van der Waals surface area contributed by atoms with Gasteiger partial charge in [0.05, 0.1) is 0 Å². The second kappa shape index (κ2) is 6.93. The number of halogens is 1. The van der Waals surface area contributed by atoms with E-state index in [1.54, 1.807) is 0 Å². The van der Waals surface area contributed by atoms with Crippen molar-refractivity contribution in [1.82, 2.24) is 0 Å². The zero-order valence-corrected chi connectivity index (χ0v) is 11.0. The zero-order valence-electron chi connectivity index (χ0n) is 10.2. The van der Waals surface area contributed by atoms with Crippen molar-refractivity contribution in [1.29, 1.82) is 0 Å². The highest BCUT2D eigenvalue weighted by molar-refractivity contribution is 6.30. The second-order valence-electron chi connectivity index (χ2n) is 4.72. The minimum Gasteiger partial charge on any atom is -0.327 e. The first-order chi connectivity index (χ1) is 7.61. The lowest BCUT2D eigenvalue weighted by Crippen LogP contribution is -2.25. The van der Waals surface area contributed by atoms with Crippen LogP contribution in [0, 0.1) is 5.92 Å². The van der Waals surface area contributed by atoms with E-state index in [-0.39, 0.29) is 6.04 Å². The molecule has 1 rings (SSSR count). The third-order valence-electron chi connectivity index (χ3n) is 2.87. The molecule has 0 spiro atoms. The Morgan fingerprint density at radius 2 is 2.12 bits per heavy atom. The Bertz CT molecular complexity index is 311. The van der Waals surface area contributed by atoms with Gasteiger partial charge in [0.1, 0.15) is 0 Å². The summed E-state index contributed by atoms with van der Waals surface area (Å²) >= 11 is 5.94. The van der Waals surface area contributed by atoms with Crippen LogP contribution in [0.4, 0.5) is 0 Å². The van der Waals surface area contributed by atoms with E-state index in [0.717, 1.165) is 23.8 Å². The van der Waals surface area contributed by atoms with Crippen LogP contribution in [0.1, 0.15) is 38.7 Å². The fourth-order valence-electron chi connectivity index (χ4n) is 2.18. The summed E-state index contributed by atoms with van der Waals surface area (Å²) in [4.78, 5) is 0. The molecule has 2 N–H and O–H groups in total. The summed E-state index contributed by atoms with van der Waals surface area (Å²) in [6.07, 6.45) is 4.53. The highest BCUT2D eigenvalue weighted by atomic mass is 35.5. The van der Waals surface area contributed by atoms with E-state index in [0.29, 0.717) is 0 Å². The van der Waals surface area contributed by atoms with Crippen LogP contribution in [0.15, 0.2) is 24.3 Å². The van der Waals surface area contributed by atoms with Crippen LogP contribution in [0.2, 0.25) is 5.02 Å². The minimum absolute atomic E-state index is 0.250. The lowest BCUT2D eigenvalue weighted by atomic mass is 9.94.